The van der Waals surface area contributed by atoms with Crippen LogP contribution in [0.5, 0.6) is 0 Å². The molecule has 0 saturated carbocycles. The van der Waals surface area contributed by atoms with Crippen LogP contribution in [0.2, 0.25) is 5.02 Å². The molecule has 4 rings (SSSR count). The van der Waals surface area contributed by atoms with Crippen molar-refractivity contribution in [1.29, 1.82) is 0 Å². The van der Waals surface area contributed by atoms with Gasteiger partial charge in [0.25, 0.3) is 5.91 Å². The lowest BCUT2D eigenvalue weighted by molar-refractivity contribution is 0.0955. The van der Waals surface area contributed by atoms with Gasteiger partial charge in [0.05, 0.1) is 16.8 Å². The molecular weight excluding hydrogens is 392 g/mol. The summed E-state index contributed by atoms with van der Waals surface area (Å²) in [5.41, 5.74) is 5.59. The Balaban J connectivity index is 1.59. The fourth-order valence-corrected chi connectivity index (χ4v) is 3.48. The van der Waals surface area contributed by atoms with Crippen LogP contribution >= 0.6 is 22.9 Å². The molecule has 0 radical (unpaired) electrons. The van der Waals surface area contributed by atoms with Crippen LogP contribution in [0.15, 0.2) is 83.4 Å². The van der Waals surface area contributed by atoms with Crippen molar-refractivity contribution in [3.05, 3.63) is 94.5 Å². The second-order valence-electron chi connectivity index (χ2n) is 5.90. The Labute approximate surface area is 170 Å². The van der Waals surface area contributed by atoms with Crippen molar-refractivity contribution < 1.29 is 4.79 Å². The monoisotopic (exact) mass is 406 g/mol. The van der Waals surface area contributed by atoms with Gasteiger partial charge in [-0.25, -0.2) is 10.1 Å². The Morgan fingerprint density at radius 3 is 2.57 bits per heavy atom. The van der Waals surface area contributed by atoms with Crippen LogP contribution in [0.25, 0.3) is 16.3 Å². The molecule has 4 aromatic rings. The van der Waals surface area contributed by atoms with E-state index in [2.05, 4.69) is 10.5 Å². The minimum absolute atomic E-state index is 0.305. The number of hydrogen-bond donors (Lipinski definition) is 1. The second-order valence-corrected chi connectivity index (χ2v) is 7.28. The van der Waals surface area contributed by atoms with Crippen molar-refractivity contribution in [2.75, 3.05) is 0 Å². The minimum atomic E-state index is -0.305. The number of thiophene rings is 1. The van der Waals surface area contributed by atoms with Crippen molar-refractivity contribution in [3.8, 4) is 16.3 Å². The number of rotatable bonds is 5. The second kappa shape index (κ2) is 8.21. The number of aromatic nitrogens is 2. The molecular formula is C21H15ClN4OS. The van der Waals surface area contributed by atoms with Crippen LogP contribution in [-0.4, -0.2) is 21.9 Å². The molecule has 0 bridgehead atoms. The number of nitrogens with zero attached hydrogens (tertiary/aromatic N) is 3. The number of carbonyl (C=O) groups excluding carboxylic acids is 1. The van der Waals surface area contributed by atoms with Gasteiger partial charge < -0.3 is 0 Å². The Kier molecular flexibility index (Phi) is 5.32. The van der Waals surface area contributed by atoms with Crippen molar-refractivity contribution >= 4 is 35.1 Å². The van der Waals surface area contributed by atoms with Gasteiger partial charge in [0.1, 0.15) is 5.69 Å². The predicted octanol–water partition coefficient (Wildman–Crippen LogP) is 5.02. The minimum Gasteiger partial charge on any atom is -0.267 e. The highest BCUT2D eigenvalue weighted by atomic mass is 35.5. The maximum absolute atomic E-state index is 12.2. The molecule has 0 atom stereocenters. The van der Waals surface area contributed by atoms with E-state index in [-0.39, 0.29) is 5.91 Å². The lowest BCUT2D eigenvalue weighted by Crippen LogP contribution is -2.17. The summed E-state index contributed by atoms with van der Waals surface area (Å²) in [6.07, 6.45) is 3.50. The molecule has 0 aliphatic carbocycles. The number of nitrogens with one attached hydrogen (secondary N) is 1. The van der Waals surface area contributed by atoms with Gasteiger partial charge in [0.2, 0.25) is 0 Å². The highest BCUT2D eigenvalue weighted by Gasteiger charge is 2.12. The number of para-hydroxylation sites is 1. The van der Waals surface area contributed by atoms with Gasteiger partial charge in [-0.15, -0.1) is 11.3 Å². The topological polar surface area (TPSA) is 59.3 Å². The summed E-state index contributed by atoms with van der Waals surface area (Å²) in [5, 5.41) is 11.4. The highest BCUT2D eigenvalue weighted by Crippen LogP contribution is 2.26. The Morgan fingerprint density at radius 1 is 1.07 bits per heavy atom. The van der Waals surface area contributed by atoms with E-state index in [0.717, 1.165) is 21.8 Å². The molecule has 138 valence electrons. The third-order valence-corrected chi connectivity index (χ3v) is 5.12. The zero-order valence-corrected chi connectivity index (χ0v) is 16.2. The Morgan fingerprint density at radius 2 is 1.86 bits per heavy atom. The predicted molar refractivity (Wildman–Crippen MR) is 113 cm³/mol. The standard InChI is InChI=1S/C21H15ClN4OS/c22-17-10-8-15(9-11-17)21(27)24-23-13-16-14-26(18-5-2-1-3-6-18)25-20(16)19-7-4-12-28-19/h1-14H,(H,24,27)/b23-13-. The smallest absolute Gasteiger partial charge is 0.267 e. The van der Waals surface area contributed by atoms with Crippen molar-refractivity contribution in [2.24, 2.45) is 5.10 Å². The number of hydrogen-bond acceptors (Lipinski definition) is 4. The van der Waals surface area contributed by atoms with Crippen LogP contribution in [0, 0.1) is 0 Å². The van der Waals surface area contributed by atoms with E-state index in [1.54, 1.807) is 46.5 Å². The van der Waals surface area contributed by atoms with Crippen molar-refractivity contribution in [2.45, 2.75) is 0 Å². The van der Waals surface area contributed by atoms with Crippen molar-refractivity contribution in [1.82, 2.24) is 15.2 Å². The molecule has 1 amide bonds. The molecule has 2 aromatic carbocycles. The lowest BCUT2D eigenvalue weighted by Gasteiger charge is -1.99. The molecule has 0 fully saturated rings. The lowest BCUT2D eigenvalue weighted by atomic mass is 10.2. The molecule has 7 heteroatoms. The quantitative estimate of drug-likeness (QED) is 0.373. The van der Waals surface area contributed by atoms with Crippen LogP contribution < -0.4 is 5.43 Å². The van der Waals surface area contributed by atoms with Crippen molar-refractivity contribution in [3.63, 3.8) is 0 Å². The number of hydrazone groups is 1. The molecule has 0 aliphatic heterocycles. The van der Waals surface area contributed by atoms with E-state index in [4.69, 9.17) is 16.7 Å². The average Bonchev–Trinajstić information content (AvgIpc) is 3.39. The van der Waals surface area contributed by atoms with Gasteiger partial charge >= 0.3 is 0 Å². The van der Waals surface area contributed by atoms with Crippen LogP contribution in [0.4, 0.5) is 0 Å². The summed E-state index contributed by atoms with van der Waals surface area (Å²) < 4.78 is 1.80. The largest absolute Gasteiger partial charge is 0.271 e. The SMILES string of the molecule is O=C(N/N=C\c1cn(-c2ccccc2)nc1-c1cccs1)c1ccc(Cl)cc1. The molecule has 0 unspecified atom stereocenters. The van der Waals surface area contributed by atoms with Crippen LogP contribution in [-0.2, 0) is 0 Å². The normalized spacial score (nSPS) is 11.0. The third kappa shape index (κ3) is 4.03. The first-order valence-electron chi connectivity index (χ1n) is 8.48. The van der Waals surface area contributed by atoms with E-state index in [1.165, 1.54) is 0 Å². The Bertz CT molecular complexity index is 1100. The summed E-state index contributed by atoms with van der Waals surface area (Å²) in [4.78, 5) is 13.2. The van der Waals surface area contributed by atoms with Crippen LogP contribution in [0.1, 0.15) is 15.9 Å². The first-order chi connectivity index (χ1) is 13.7. The molecule has 2 aromatic heterocycles. The molecule has 2 heterocycles. The van der Waals surface area contributed by atoms with Gasteiger partial charge in [0.15, 0.2) is 0 Å². The number of amides is 1. The third-order valence-electron chi connectivity index (χ3n) is 3.99. The first-order valence-corrected chi connectivity index (χ1v) is 9.74. The maximum atomic E-state index is 12.2. The molecule has 1 N–H and O–H groups in total. The van der Waals surface area contributed by atoms with Gasteiger partial charge in [-0.2, -0.15) is 10.2 Å². The van der Waals surface area contributed by atoms with E-state index < -0.39 is 0 Å². The van der Waals surface area contributed by atoms with E-state index in [9.17, 15) is 4.79 Å². The first kappa shape index (κ1) is 18.2. The number of carbonyl (C=O) groups is 1. The molecule has 5 nitrogen and oxygen atoms in total. The molecule has 0 saturated heterocycles. The fourth-order valence-electron chi connectivity index (χ4n) is 2.63. The van der Waals surface area contributed by atoms with Gasteiger partial charge in [-0.05, 0) is 47.8 Å². The zero-order chi connectivity index (χ0) is 19.3. The van der Waals surface area contributed by atoms with Crippen LogP contribution in [0.3, 0.4) is 0 Å². The van der Waals surface area contributed by atoms with Gasteiger partial charge in [0, 0.05) is 22.3 Å². The van der Waals surface area contributed by atoms with E-state index >= 15 is 0 Å². The summed E-state index contributed by atoms with van der Waals surface area (Å²) in [5.74, 6) is -0.305. The summed E-state index contributed by atoms with van der Waals surface area (Å²) in [7, 11) is 0. The average molecular weight is 407 g/mol. The number of halogens is 1. The molecule has 28 heavy (non-hydrogen) atoms. The van der Waals surface area contributed by atoms with Gasteiger partial charge in [-0.3, -0.25) is 4.79 Å². The van der Waals surface area contributed by atoms with Gasteiger partial charge in [-0.1, -0.05) is 35.9 Å². The molecule has 0 spiro atoms. The van der Waals surface area contributed by atoms with E-state index in [1.807, 2.05) is 54.0 Å². The number of benzene rings is 2. The zero-order valence-electron chi connectivity index (χ0n) is 14.6. The highest BCUT2D eigenvalue weighted by molar-refractivity contribution is 7.13. The summed E-state index contributed by atoms with van der Waals surface area (Å²) in [6, 6.07) is 20.5. The summed E-state index contributed by atoms with van der Waals surface area (Å²) >= 11 is 7.45. The van der Waals surface area contributed by atoms with E-state index in [0.29, 0.717) is 10.6 Å². The Hall–Kier alpha value is -3.22. The maximum Gasteiger partial charge on any atom is 0.271 e. The summed E-state index contributed by atoms with van der Waals surface area (Å²) in [6.45, 7) is 0. The fraction of sp³-hybridized carbons (Fsp3) is 0. The molecule has 0 aliphatic rings.